The third kappa shape index (κ3) is 1.01. The SMILES string of the molecule is NC(=O)N1C[CH]CC1=O. The Morgan fingerprint density at radius 2 is 2.44 bits per heavy atom. The number of primary amides is 1. The van der Waals surface area contributed by atoms with Crippen molar-refractivity contribution in [2.45, 2.75) is 6.42 Å². The van der Waals surface area contributed by atoms with Crippen LogP contribution in [0.1, 0.15) is 6.42 Å². The Labute approximate surface area is 52.6 Å². The summed E-state index contributed by atoms with van der Waals surface area (Å²) < 4.78 is 0. The van der Waals surface area contributed by atoms with E-state index in [1.807, 2.05) is 0 Å². The zero-order valence-electron chi connectivity index (χ0n) is 4.83. The summed E-state index contributed by atoms with van der Waals surface area (Å²) in [5, 5.41) is 0. The molecule has 49 valence electrons. The van der Waals surface area contributed by atoms with Crippen molar-refractivity contribution < 1.29 is 9.59 Å². The Balaban J connectivity index is 2.60. The maximum Gasteiger partial charge on any atom is 0.321 e. The van der Waals surface area contributed by atoms with Gasteiger partial charge >= 0.3 is 6.03 Å². The second kappa shape index (κ2) is 2.05. The number of imide groups is 1. The van der Waals surface area contributed by atoms with Crippen LogP contribution in [0.3, 0.4) is 0 Å². The van der Waals surface area contributed by atoms with Gasteiger partial charge in [0.15, 0.2) is 0 Å². The third-order valence-corrected chi connectivity index (χ3v) is 1.20. The standard InChI is InChI=1S/C5H7N2O2/c6-5(9)7-3-1-2-4(7)8/h1H,2-3H2,(H2,6,9). The summed E-state index contributed by atoms with van der Waals surface area (Å²) in [6.07, 6.45) is 2.05. The molecule has 1 aliphatic rings. The van der Waals surface area contributed by atoms with Gasteiger partial charge in [-0.15, -0.1) is 0 Å². The minimum atomic E-state index is -0.659. The molecule has 3 amide bonds. The van der Waals surface area contributed by atoms with Crippen molar-refractivity contribution in [3.63, 3.8) is 0 Å². The lowest BCUT2D eigenvalue weighted by Crippen LogP contribution is -2.36. The summed E-state index contributed by atoms with van der Waals surface area (Å²) in [7, 11) is 0. The largest absolute Gasteiger partial charge is 0.351 e. The molecule has 4 nitrogen and oxygen atoms in total. The molecule has 0 aromatic carbocycles. The van der Waals surface area contributed by atoms with Crippen LogP contribution in [0.15, 0.2) is 0 Å². The highest BCUT2D eigenvalue weighted by Crippen LogP contribution is 2.06. The zero-order chi connectivity index (χ0) is 6.85. The van der Waals surface area contributed by atoms with E-state index in [0.29, 0.717) is 13.0 Å². The first-order valence-corrected chi connectivity index (χ1v) is 2.63. The van der Waals surface area contributed by atoms with E-state index in [1.54, 1.807) is 6.42 Å². The predicted molar refractivity (Wildman–Crippen MR) is 30.2 cm³/mol. The smallest absolute Gasteiger partial charge is 0.321 e. The average molecular weight is 127 g/mol. The predicted octanol–water partition coefficient (Wildman–Crippen LogP) is -0.498. The van der Waals surface area contributed by atoms with E-state index in [0.717, 1.165) is 4.90 Å². The molecule has 0 bridgehead atoms. The molecule has 0 aromatic heterocycles. The van der Waals surface area contributed by atoms with Gasteiger partial charge in [-0.05, 0) is 6.42 Å². The highest BCUT2D eigenvalue weighted by molar-refractivity contribution is 5.96. The fraction of sp³-hybridized carbons (Fsp3) is 0.400. The number of hydrogen-bond acceptors (Lipinski definition) is 2. The van der Waals surface area contributed by atoms with Crippen LogP contribution in [-0.4, -0.2) is 23.4 Å². The summed E-state index contributed by atoms with van der Waals surface area (Å²) in [6, 6.07) is -0.659. The molecule has 1 radical (unpaired) electrons. The molecule has 1 rings (SSSR count). The number of carbonyl (C=O) groups excluding carboxylic acids is 2. The van der Waals surface area contributed by atoms with E-state index >= 15 is 0 Å². The molecule has 0 aliphatic carbocycles. The number of rotatable bonds is 0. The zero-order valence-corrected chi connectivity index (χ0v) is 4.83. The lowest BCUT2D eigenvalue weighted by atomic mass is 10.4. The molecule has 1 saturated heterocycles. The van der Waals surface area contributed by atoms with Gasteiger partial charge in [0.1, 0.15) is 0 Å². The summed E-state index contributed by atoms with van der Waals surface area (Å²) >= 11 is 0. The summed E-state index contributed by atoms with van der Waals surface area (Å²) in [5.41, 5.74) is 4.83. The lowest BCUT2D eigenvalue weighted by Gasteiger charge is -2.07. The highest BCUT2D eigenvalue weighted by Gasteiger charge is 2.23. The number of carbonyl (C=O) groups is 2. The minimum absolute atomic E-state index is 0.206. The topological polar surface area (TPSA) is 63.4 Å². The van der Waals surface area contributed by atoms with Crippen LogP contribution in [0.25, 0.3) is 0 Å². The third-order valence-electron chi connectivity index (χ3n) is 1.20. The molecule has 0 aromatic rings. The van der Waals surface area contributed by atoms with Crippen molar-refractivity contribution in [2.24, 2.45) is 5.73 Å². The molecule has 1 fully saturated rings. The number of nitrogens with two attached hydrogens (primary N) is 1. The summed E-state index contributed by atoms with van der Waals surface area (Å²) in [6.45, 7) is 0.369. The maximum atomic E-state index is 10.6. The van der Waals surface area contributed by atoms with Gasteiger partial charge in [0.2, 0.25) is 5.91 Å². The molecule has 0 spiro atoms. The molecule has 0 saturated carbocycles. The highest BCUT2D eigenvalue weighted by atomic mass is 16.2. The average Bonchev–Trinajstić information content (AvgIpc) is 2.13. The van der Waals surface area contributed by atoms with Crippen molar-refractivity contribution in [2.75, 3.05) is 6.54 Å². The van der Waals surface area contributed by atoms with Crippen LogP contribution in [0, 0.1) is 6.42 Å². The van der Waals surface area contributed by atoms with Crippen LogP contribution >= 0.6 is 0 Å². The molecule has 1 aliphatic heterocycles. The molecule has 0 unspecified atom stereocenters. The molecule has 0 atom stereocenters. The normalized spacial score (nSPS) is 18.7. The Kier molecular flexibility index (Phi) is 1.38. The quantitative estimate of drug-likeness (QED) is 0.477. The number of amides is 3. The number of urea groups is 1. The fourth-order valence-corrected chi connectivity index (χ4v) is 0.742. The maximum absolute atomic E-state index is 10.6. The van der Waals surface area contributed by atoms with E-state index in [2.05, 4.69) is 0 Å². The Morgan fingerprint density at radius 1 is 1.78 bits per heavy atom. The van der Waals surface area contributed by atoms with E-state index in [9.17, 15) is 9.59 Å². The van der Waals surface area contributed by atoms with Crippen molar-refractivity contribution in [1.29, 1.82) is 0 Å². The molecular formula is C5H7N2O2. The van der Waals surface area contributed by atoms with Crippen molar-refractivity contribution in [1.82, 2.24) is 4.90 Å². The van der Waals surface area contributed by atoms with E-state index < -0.39 is 6.03 Å². The molecule has 9 heavy (non-hydrogen) atoms. The van der Waals surface area contributed by atoms with Gasteiger partial charge in [-0.25, -0.2) is 4.79 Å². The first-order valence-electron chi connectivity index (χ1n) is 2.63. The first-order chi connectivity index (χ1) is 4.22. The Bertz CT molecular complexity index is 155. The molecule has 1 heterocycles. The van der Waals surface area contributed by atoms with Gasteiger partial charge in [0, 0.05) is 13.0 Å². The van der Waals surface area contributed by atoms with Gasteiger partial charge < -0.3 is 5.73 Å². The second-order valence-electron chi connectivity index (χ2n) is 1.84. The lowest BCUT2D eigenvalue weighted by molar-refractivity contribution is -0.125. The first kappa shape index (κ1) is 6.07. The van der Waals surface area contributed by atoms with E-state index in [-0.39, 0.29) is 5.91 Å². The van der Waals surface area contributed by atoms with Crippen LogP contribution in [0.2, 0.25) is 0 Å². The van der Waals surface area contributed by atoms with Crippen LogP contribution < -0.4 is 5.73 Å². The summed E-state index contributed by atoms with van der Waals surface area (Å²) in [5.74, 6) is -0.206. The van der Waals surface area contributed by atoms with Crippen molar-refractivity contribution in [3.8, 4) is 0 Å². The second-order valence-corrected chi connectivity index (χ2v) is 1.84. The van der Waals surface area contributed by atoms with Crippen LogP contribution in [0.5, 0.6) is 0 Å². The van der Waals surface area contributed by atoms with Crippen molar-refractivity contribution in [3.05, 3.63) is 6.42 Å². The van der Waals surface area contributed by atoms with Crippen LogP contribution in [-0.2, 0) is 4.79 Å². The Morgan fingerprint density at radius 3 is 2.67 bits per heavy atom. The minimum Gasteiger partial charge on any atom is -0.351 e. The van der Waals surface area contributed by atoms with Crippen molar-refractivity contribution >= 4 is 11.9 Å². The molecule has 4 heteroatoms. The van der Waals surface area contributed by atoms with Gasteiger partial charge in [-0.3, -0.25) is 9.69 Å². The van der Waals surface area contributed by atoms with E-state index in [4.69, 9.17) is 5.73 Å². The van der Waals surface area contributed by atoms with Gasteiger partial charge in [0.25, 0.3) is 0 Å². The van der Waals surface area contributed by atoms with Gasteiger partial charge in [0.05, 0.1) is 0 Å². The molecule has 2 N–H and O–H groups in total. The Hall–Kier alpha value is -1.06. The summed E-state index contributed by atoms with van der Waals surface area (Å²) in [4.78, 5) is 21.9. The number of nitrogens with zero attached hydrogens (tertiary/aromatic N) is 1. The van der Waals surface area contributed by atoms with Crippen LogP contribution in [0.4, 0.5) is 4.79 Å². The van der Waals surface area contributed by atoms with Gasteiger partial charge in [-0.1, -0.05) is 0 Å². The molecular weight excluding hydrogens is 120 g/mol. The van der Waals surface area contributed by atoms with E-state index in [1.165, 1.54) is 0 Å². The van der Waals surface area contributed by atoms with Gasteiger partial charge in [-0.2, -0.15) is 0 Å². The number of hydrogen-bond donors (Lipinski definition) is 1. The monoisotopic (exact) mass is 127 g/mol. The fourth-order valence-electron chi connectivity index (χ4n) is 0.742. The number of likely N-dealkylation sites (tertiary alicyclic amines) is 1.